The van der Waals surface area contributed by atoms with Gasteiger partial charge in [-0.05, 0) is 31.4 Å². The fraction of sp³-hybridized carbons (Fsp3) is 0.471. The maximum Gasteiger partial charge on any atom is 0.243 e. The third-order valence-electron chi connectivity index (χ3n) is 4.82. The second-order valence-corrected chi connectivity index (χ2v) is 6.28. The lowest BCUT2D eigenvalue weighted by molar-refractivity contribution is -0.142. The number of amides is 1. The smallest absolute Gasteiger partial charge is 0.243 e. The van der Waals surface area contributed by atoms with Crippen LogP contribution in [0.2, 0.25) is 0 Å². The molecule has 2 aromatic rings. The number of rotatable bonds is 2. The summed E-state index contributed by atoms with van der Waals surface area (Å²) in [5.41, 5.74) is 2.39. The van der Waals surface area contributed by atoms with Gasteiger partial charge >= 0.3 is 0 Å². The van der Waals surface area contributed by atoms with E-state index in [-0.39, 0.29) is 11.4 Å². The summed E-state index contributed by atoms with van der Waals surface area (Å²) in [7, 11) is 0. The van der Waals surface area contributed by atoms with Gasteiger partial charge in [0, 0.05) is 23.6 Å². The highest BCUT2D eigenvalue weighted by atomic mass is 16.5. The van der Waals surface area contributed by atoms with Crippen molar-refractivity contribution in [3.8, 4) is 0 Å². The van der Waals surface area contributed by atoms with Gasteiger partial charge in [-0.3, -0.25) is 4.79 Å². The topological polar surface area (TPSA) is 34.5 Å². The molecule has 1 aliphatic heterocycles. The minimum absolute atomic E-state index is 0.0212. The van der Waals surface area contributed by atoms with Crippen molar-refractivity contribution in [1.82, 2.24) is 9.47 Å². The summed E-state index contributed by atoms with van der Waals surface area (Å²) in [5.74, 6) is 0.219. The van der Waals surface area contributed by atoms with Crippen LogP contribution in [0.3, 0.4) is 0 Å². The van der Waals surface area contributed by atoms with Crippen LogP contribution in [0.4, 0.5) is 0 Å². The SMILES string of the molecule is Cc1cn(CC(=O)N2CCOCC23CC3)c2ccccc12. The van der Waals surface area contributed by atoms with Crippen molar-refractivity contribution in [2.75, 3.05) is 19.8 Å². The quantitative estimate of drug-likeness (QED) is 0.848. The minimum atomic E-state index is 0.0212. The van der Waals surface area contributed by atoms with E-state index in [0.29, 0.717) is 19.8 Å². The number of hydrogen-bond donors (Lipinski definition) is 0. The predicted octanol–water partition coefficient (Wildman–Crippen LogP) is 2.34. The van der Waals surface area contributed by atoms with Gasteiger partial charge in [0.05, 0.1) is 18.8 Å². The van der Waals surface area contributed by atoms with E-state index in [1.807, 2.05) is 12.1 Å². The Morgan fingerprint density at radius 1 is 1.33 bits per heavy atom. The highest BCUT2D eigenvalue weighted by Gasteiger charge is 2.51. The molecule has 1 saturated carbocycles. The first-order chi connectivity index (χ1) is 10.2. The van der Waals surface area contributed by atoms with Crippen LogP contribution in [0, 0.1) is 6.92 Å². The normalized spacial score (nSPS) is 20.1. The molecule has 0 N–H and O–H groups in total. The molecule has 21 heavy (non-hydrogen) atoms. The van der Waals surface area contributed by atoms with Crippen LogP contribution in [0.1, 0.15) is 18.4 Å². The number of carbonyl (C=O) groups is 1. The number of morpholine rings is 1. The molecule has 1 aromatic carbocycles. The molecule has 1 aliphatic carbocycles. The number of aryl methyl sites for hydroxylation is 1. The van der Waals surface area contributed by atoms with Crippen molar-refractivity contribution < 1.29 is 9.53 Å². The van der Waals surface area contributed by atoms with Crippen LogP contribution in [0.15, 0.2) is 30.5 Å². The Kier molecular flexibility index (Phi) is 2.82. The van der Waals surface area contributed by atoms with Gasteiger partial charge in [-0.1, -0.05) is 18.2 Å². The first-order valence-corrected chi connectivity index (χ1v) is 7.62. The molecule has 110 valence electrons. The monoisotopic (exact) mass is 284 g/mol. The lowest BCUT2D eigenvalue weighted by atomic mass is 10.2. The zero-order chi connectivity index (χ0) is 14.4. The van der Waals surface area contributed by atoms with Gasteiger partial charge in [0.25, 0.3) is 0 Å². The standard InChI is InChI=1S/C17H20N2O2/c1-13-10-18(15-5-3-2-4-14(13)15)11-16(20)19-8-9-21-12-17(19)6-7-17/h2-5,10H,6-9,11-12H2,1H3. The average Bonchev–Trinajstić information content (AvgIpc) is 3.19. The van der Waals surface area contributed by atoms with Gasteiger partial charge in [0.1, 0.15) is 6.54 Å². The maximum absolute atomic E-state index is 12.7. The van der Waals surface area contributed by atoms with Crippen molar-refractivity contribution in [1.29, 1.82) is 0 Å². The Balaban J connectivity index is 1.61. The van der Waals surface area contributed by atoms with E-state index < -0.39 is 0 Å². The van der Waals surface area contributed by atoms with Crippen LogP contribution < -0.4 is 0 Å². The van der Waals surface area contributed by atoms with E-state index in [4.69, 9.17) is 4.74 Å². The summed E-state index contributed by atoms with van der Waals surface area (Å²) in [5, 5.41) is 1.23. The molecule has 1 spiro atoms. The molecule has 4 nitrogen and oxygen atoms in total. The van der Waals surface area contributed by atoms with Crippen molar-refractivity contribution in [2.45, 2.75) is 31.8 Å². The van der Waals surface area contributed by atoms with Crippen LogP contribution in [-0.4, -0.2) is 40.7 Å². The van der Waals surface area contributed by atoms with Gasteiger partial charge < -0.3 is 14.2 Å². The summed E-state index contributed by atoms with van der Waals surface area (Å²) in [6.45, 7) is 4.64. The first-order valence-electron chi connectivity index (χ1n) is 7.62. The molecule has 2 fully saturated rings. The molecule has 0 bridgehead atoms. The first kappa shape index (κ1) is 12.9. The molecule has 1 amide bonds. The molecular weight excluding hydrogens is 264 g/mol. The molecule has 2 heterocycles. The van der Waals surface area contributed by atoms with Gasteiger partial charge in [-0.15, -0.1) is 0 Å². The second kappa shape index (κ2) is 4.60. The van der Waals surface area contributed by atoms with Crippen molar-refractivity contribution in [2.24, 2.45) is 0 Å². The van der Waals surface area contributed by atoms with Crippen LogP contribution in [0.5, 0.6) is 0 Å². The average molecular weight is 284 g/mol. The number of benzene rings is 1. The van der Waals surface area contributed by atoms with Gasteiger partial charge in [0.15, 0.2) is 0 Å². The zero-order valence-corrected chi connectivity index (χ0v) is 12.3. The van der Waals surface area contributed by atoms with Crippen LogP contribution >= 0.6 is 0 Å². The molecular formula is C17H20N2O2. The zero-order valence-electron chi connectivity index (χ0n) is 12.3. The largest absolute Gasteiger partial charge is 0.377 e. The summed E-state index contributed by atoms with van der Waals surface area (Å²) < 4.78 is 7.63. The van der Waals surface area contributed by atoms with Gasteiger partial charge in [-0.2, -0.15) is 0 Å². The van der Waals surface area contributed by atoms with E-state index in [9.17, 15) is 4.79 Å². The summed E-state index contributed by atoms with van der Waals surface area (Å²) in [6, 6.07) is 8.27. The number of fused-ring (bicyclic) bond motifs is 1. The minimum Gasteiger partial charge on any atom is -0.377 e. The van der Waals surface area contributed by atoms with Crippen molar-refractivity contribution >= 4 is 16.8 Å². The fourth-order valence-electron chi connectivity index (χ4n) is 3.47. The van der Waals surface area contributed by atoms with Gasteiger partial charge in [0.2, 0.25) is 5.91 Å². The molecule has 4 heteroatoms. The molecule has 1 saturated heterocycles. The van der Waals surface area contributed by atoms with Crippen LogP contribution in [-0.2, 0) is 16.1 Å². The molecule has 4 rings (SSSR count). The van der Waals surface area contributed by atoms with Gasteiger partial charge in [-0.25, -0.2) is 0 Å². The maximum atomic E-state index is 12.7. The highest BCUT2D eigenvalue weighted by molar-refractivity contribution is 5.86. The number of aromatic nitrogens is 1. The Labute approximate surface area is 124 Å². The van der Waals surface area contributed by atoms with E-state index in [2.05, 4.69) is 34.7 Å². The Bertz CT molecular complexity index is 700. The van der Waals surface area contributed by atoms with Crippen molar-refractivity contribution in [3.63, 3.8) is 0 Å². The molecule has 0 atom stereocenters. The summed E-state index contributed by atoms with van der Waals surface area (Å²) in [4.78, 5) is 14.8. The lowest BCUT2D eigenvalue weighted by Gasteiger charge is -2.36. The third kappa shape index (κ3) is 2.05. The van der Waals surface area contributed by atoms with E-state index in [1.165, 1.54) is 10.9 Å². The van der Waals surface area contributed by atoms with E-state index >= 15 is 0 Å². The predicted molar refractivity (Wildman–Crippen MR) is 81.2 cm³/mol. The Morgan fingerprint density at radius 2 is 2.14 bits per heavy atom. The highest BCUT2D eigenvalue weighted by Crippen LogP contribution is 2.43. The fourth-order valence-corrected chi connectivity index (χ4v) is 3.47. The van der Waals surface area contributed by atoms with E-state index in [1.54, 1.807) is 0 Å². The Morgan fingerprint density at radius 3 is 2.95 bits per heavy atom. The Hall–Kier alpha value is -1.81. The number of para-hydroxylation sites is 1. The number of carbonyl (C=O) groups excluding carboxylic acids is 1. The molecule has 0 unspecified atom stereocenters. The number of ether oxygens (including phenoxy) is 1. The summed E-state index contributed by atoms with van der Waals surface area (Å²) >= 11 is 0. The van der Waals surface area contributed by atoms with E-state index in [0.717, 1.165) is 24.9 Å². The van der Waals surface area contributed by atoms with Crippen LogP contribution in [0.25, 0.3) is 10.9 Å². The molecule has 2 aliphatic rings. The number of nitrogens with zero attached hydrogens (tertiary/aromatic N) is 2. The number of hydrogen-bond acceptors (Lipinski definition) is 2. The van der Waals surface area contributed by atoms with Crippen molar-refractivity contribution in [3.05, 3.63) is 36.0 Å². The summed E-state index contributed by atoms with van der Waals surface area (Å²) in [6.07, 6.45) is 4.26. The molecule has 1 aromatic heterocycles. The second-order valence-electron chi connectivity index (χ2n) is 6.28. The molecule has 0 radical (unpaired) electrons. The lowest BCUT2D eigenvalue weighted by Crippen LogP contribution is -2.51. The third-order valence-corrected chi connectivity index (χ3v) is 4.82.